The Morgan fingerprint density at radius 2 is 2.00 bits per heavy atom. The number of rotatable bonds is 7. The van der Waals surface area contributed by atoms with E-state index in [0.717, 1.165) is 36.1 Å². The molecule has 0 unspecified atom stereocenters. The fourth-order valence-electron chi connectivity index (χ4n) is 3.55. The summed E-state index contributed by atoms with van der Waals surface area (Å²) in [6.45, 7) is 0.876. The summed E-state index contributed by atoms with van der Waals surface area (Å²) in [6, 6.07) is 6.21. The molecule has 126 valence electrons. The van der Waals surface area contributed by atoms with Crippen LogP contribution in [0.4, 0.5) is 0 Å². The zero-order valence-electron chi connectivity index (χ0n) is 13.8. The van der Waals surface area contributed by atoms with E-state index in [2.05, 4.69) is 11.4 Å². The van der Waals surface area contributed by atoms with Crippen molar-refractivity contribution >= 4 is 17.7 Å². The van der Waals surface area contributed by atoms with Crippen LogP contribution in [-0.4, -0.2) is 30.1 Å². The number of nitrogens with one attached hydrogen (secondary N) is 1. The monoisotopic (exact) mass is 333 g/mol. The number of fused-ring (bicyclic) bond motifs is 1. The normalized spacial score (nSPS) is 17.7. The minimum atomic E-state index is -0.00886. The van der Waals surface area contributed by atoms with Crippen molar-refractivity contribution in [1.29, 1.82) is 0 Å². The highest BCUT2D eigenvalue weighted by Crippen LogP contribution is 2.30. The first-order valence-corrected chi connectivity index (χ1v) is 9.99. The Hall–Kier alpha value is -1.16. The molecule has 0 atom stereocenters. The van der Waals surface area contributed by atoms with E-state index in [1.807, 2.05) is 23.9 Å². The maximum absolute atomic E-state index is 11.9. The van der Waals surface area contributed by atoms with Gasteiger partial charge in [-0.25, -0.2) is 0 Å². The molecular weight excluding hydrogens is 306 g/mol. The van der Waals surface area contributed by atoms with Crippen LogP contribution < -0.4 is 10.1 Å². The largest absolute Gasteiger partial charge is 0.483 e. The summed E-state index contributed by atoms with van der Waals surface area (Å²) >= 11 is 2.00. The van der Waals surface area contributed by atoms with Crippen LogP contribution in [0.1, 0.15) is 49.7 Å². The molecule has 1 N–H and O–H groups in total. The minimum absolute atomic E-state index is 0.00886. The molecule has 0 aromatic heterocycles. The quantitative estimate of drug-likeness (QED) is 0.773. The molecule has 0 spiro atoms. The number of hydrogen-bond donors (Lipinski definition) is 1. The lowest BCUT2D eigenvalue weighted by Crippen LogP contribution is -2.31. The summed E-state index contributed by atoms with van der Waals surface area (Å²) in [5, 5.41) is 3.79. The van der Waals surface area contributed by atoms with E-state index in [0.29, 0.717) is 0 Å². The van der Waals surface area contributed by atoms with Gasteiger partial charge >= 0.3 is 0 Å². The number of hydrogen-bond acceptors (Lipinski definition) is 3. The smallest absolute Gasteiger partial charge is 0.257 e. The van der Waals surface area contributed by atoms with E-state index in [1.165, 1.54) is 49.7 Å². The van der Waals surface area contributed by atoms with Crippen LogP contribution in [0.5, 0.6) is 5.75 Å². The Labute approximate surface area is 143 Å². The predicted molar refractivity (Wildman–Crippen MR) is 96.3 cm³/mol. The lowest BCUT2D eigenvalue weighted by Gasteiger charge is -2.19. The standard InChI is InChI=1S/C19H27NO2S/c21-19(20-12-13-23-16-8-2-3-9-16)14-22-18-11-5-7-15-6-1-4-10-17(15)18/h5,7,11,16H,1-4,6,8-10,12-14H2,(H,20,21). The molecule has 4 heteroatoms. The highest BCUT2D eigenvalue weighted by atomic mass is 32.2. The lowest BCUT2D eigenvalue weighted by atomic mass is 9.91. The van der Waals surface area contributed by atoms with E-state index in [4.69, 9.17) is 4.74 Å². The van der Waals surface area contributed by atoms with Crippen molar-refractivity contribution in [3.63, 3.8) is 0 Å². The van der Waals surface area contributed by atoms with Gasteiger partial charge in [-0.3, -0.25) is 4.79 Å². The van der Waals surface area contributed by atoms with Crippen molar-refractivity contribution in [2.75, 3.05) is 18.9 Å². The molecule has 23 heavy (non-hydrogen) atoms. The molecule has 1 amide bonds. The van der Waals surface area contributed by atoms with Gasteiger partial charge in [-0.15, -0.1) is 0 Å². The highest BCUT2D eigenvalue weighted by Gasteiger charge is 2.16. The van der Waals surface area contributed by atoms with Crippen LogP contribution in [-0.2, 0) is 17.6 Å². The van der Waals surface area contributed by atoms with Gasteiger partial charge in [0.25, 0.3) is 5.91 Å². The van der Waals surface area contributed by atoms with Crippen molar-refractivity contribution in [1.82, 2.24) is 5.32 Å². The number of ether oxygens (including phenoxy) is 1. The average molecular weight is 333 g/mol. The molecule has 1 aromatic rings. The fourth-order valence-corrected chi connectivity index (χ4v) is 4.77. The average Bonchev–Trinajstić information content (AvgIpc) is 3.10. The topological polar surface area (TPSA) is 38.3 Å². The van der Waals surface area contributed by atoms with E-state index < -0.39 is 0 Å². The molecule has 0 heterocycles. The van der Waals surface area contributed by atoms with Gasteiger partial charge in [-0.2, -0.15) is 11.8 Å². The van der Waals surface area contributed by atoms with Gasteiger partial charge in [0.15, 0.2) is 6.61 Å². The number of aryl methyl sites for hydroxylation is 1. The van der Waals surface area contributed by atoms with Gasteiger partial charge in [0.05, 0.1) is 0 Å². The van der Waals surface area contributed by atoms with Crippen molar-refractivity contribution in [2.45, 2.75) is 56.6 Å². The molecule has 3 nitrogen and oxygen atoms in total. The Morgan fingerprint density at radius 3 is 2.87 bits per heavy atom. The van der Waals surface area contributed by atoms with Crippen LogP contribution in [0.15, 0.2) is 18.2 Å². The Kier molecular flexibility index (Phi) is 6.26. The second-order valence-corrected chi connectivity index (χ2v) is 7.93. The number of carbonyl (C=O) groups excluding carboxylic acids is 1. The third kappa shape index (κ3) is 4.90. The first kappa shape index (κ1) is 16.7. The SMILES string of the molecule is O=C(COc1cccc2c1CCCC2)NCCSC1CCCC1. The second-order valence-electron chi connectivity index (χ2n) is 6.52. The molecule has 2 aliphatic rings. The van der Waals surface area contributed by atoms with E-state index in [-0.39, 0.29) is 12.5 Å². The van der Waals surface area contributed by atoms with Crippen molar-refractivity contribution in [3.05, 3.63) is 29.3 Å². The Bertz CT molecular complexity index is 526. The van der Waals surface area contributed by atoms with E-state index >= 15 is 0 Å². The van der Waals surface area contributed by atoms with Gasteiger partial charge < -0.3 is 10.1 Å². The minimum Gasteiger partial charge on any atom is -0.483 e. The first-order valence-electron chi connectivity index (χ1n) is 8.95. The lowest BCUT2D eigenvalue weighted by molar-refractivity contribution is -0.122. The van der Waals surface area contributed by atoms with Crippen LogP contribution >= 0.6 is 11.8 Å². The summed E-state index contributed by atoms with van der Waals surface area (Å²) in [7, 11) is 0. The maximum Gasteiger partial charge on any atom is 0.257 e. The highest BCUT2D eigenvalue weighted by molar-refractivity contribution is 7.99. The van der Waals surface area contributed by atoms with Crippen molar-refractivity contribution in [3.8, 4) is 5.75 Å². The molecule has 0 radical (unpaired) electrons. The maximum atomic E-state index is 11.9. The predicted octanol–water partition coefficient (Wildman–Crippen LogP) is 3.74. The second kappa shape index (κ2) is 8.62. The molecule has 0 aliphatic heterocycles. The molecule has 1 saturated carbocycles. The van der Waals surface area contributed by atoms with Gasteiger partial charge in [-0.05, 0) is 55.7 Å². The fraction of sp³-hybridized carbons (Fsp3) is 0.632. The van der Waals surface area contributed by atoms with Crippen LogP contribution in [0.3, 0.4) is 0 Å². The first-order chi connectivity index (χ1) is 11.3. The zero-order valence-corrected chi connectivity index (χ0v) is 14.6. The third-order valence-corrected chi connectivity index (χ3v) is 6.17. The van der Waals surface area contributed by atoms with Crippen LogP contribution in [0.2, 0.25) is 0 Å². The number of thioether (sulfide) groups is 1. The molecule has 1 fully saturated rings. The van der Waals surface area contributed by atoms with Crippen LogP contribution in [0, 0.1) is 0 Å². The third-order valence-electron chi connectivity index (χ3n) is 4.79. The van der Waals surface area contributed by atoms with Gasteiger partial charge in [0, 0.05) is 17.5 Å². The van der Waals surface area contributed by atoms with Crippen molar-refractivity contribution in [2.24, 2.45) is 0 Å². The van der Waals surface area contributed by atoms with E-state index in [9.17, 15) is 4.79 Å². The molecular formula is C19H27NO2S. The summed E-state index contributed by atoms with van der Waals surface area (Å²) in [5.41, 5.74) is 2.70. The zero-order chi connectivity index (χ0) is 15.9. The summed E-state index contributed by atoms with van der Waals surface area (Å²) in [4.78, 5) is 11.9. The summed E-state index contributed by atoms with van der Waals surface area (Å²) in [5.74, 6) is 1.90. The summed E-state index contributed by atoms with van der Waals surface area (Å²) in [6.07, 6.45) is 10.1. The number of carbonyl (C=O) groups is 1. The van der Waals surface area contributed by atoms with Gasteiger partial charge in [0.1, 0.15) is 5.75 Å². The van der Waals surface area contributed by atoms with Crippen molar-refractivity contribution < 1.29 is 9.53 Å². The molecule has 0 bridgehead atoms. The molecule has 2 aliphatic carbocycles. The molecule has 0 saturated heterocycles. The van der Waals surface area contributed by atoms with Gasteiger partial charge in [-0.1, -0.05) is 25.0 Å². The molecule has 3 rings (SSSR count). The summed E-state index contributed by atoms with van der Waals surface area (Å²) < 4.78 is 5.78. The number of amides is 1. The van der Waals surface area contributed by atoms with Crippen LogP contribution in [0.25, 0.3) is 0 Å². The number of benzene rings is 1. The molecule has 1 aromatic carbocycles. The van der Waals surface area contributed by atoms with Gasteiger partial charge in [0.2, 0.25) is 0 Å². The van der Waals surface area contributed by atoms with E-state index in [1.54, 1.807) is 0 Å². The Balaban J connectivity index is 1.37. The Morgan fingerprint density at radius 1 is 1.17 bits per heavy atom.